The fourth-order valence-corrected chi connectivity index (χ4v) is 5.95. The second-order valence-corrected chi connectivity index (χ2v) is 12.6. The van der Waals surface area contributed by atoms with Crippen LogP contribution in [0.1, 0.15) is 56.9 Å². The molecule has 1 atom stereocenters. The van der Waals surface area contributed by atoms with Crippen LogP contribution in [0.15, 0.2) is 54.6 Å². The predicted octanol–water partition coefficient (Wildman–Crippen LogP) is 7.67. The van der Waals surface area contributed by atoms with Gasteiger partial charge in [-0.15, -0.1) is 0 Å². The topological polar surface area (TPSA) is 39.2 Å². The minimum absolute atomic E-state index is 0.116. The maximum Gasteiger partial charge on any atom is 0.172 e. The molecule has 3 aromatic rings. The number of nitrogens with zero attached hydrogens (tertiary/aromatic N) is 1. The lowest BCUT2D eigenvalue weighted by Crippen LogP contribution is -2.45. The lowest BCUT2D eigenvalue weighted by atomic mass is 9.69. The first-order valence-electron chi connectivity index (χ1n) is 11.6. The summed E-state index contributed by atoms with van der Waals surface area (Å²) in [5.74, 6) is 0. The average molecular weight is 480 g/mol. The molecule has 0 saturated carbocycles. The van der Waals surface area contributed by atoms with Crippen LogP contribution in [0.4, 0.5) is 0 Å². The van der Waals surface area contributed by atoms with E-state index in [0.717, 1.165) is 41.3 Å². The largest absolute Gasteiger partial charge is 0.411 e. The molecule has 1 heterocycles. The first kappa shape index (κ1) is 25.4. The Bertz CT molecular complexity index is 1140. The number of hydrogen-bond donors (Lipinski definition) is 0. The zero-order valence-electron chi connectivity index (χ0n) is 20.3. The van der Waals surface area contributed by atoms with Gasteiger partial charge in [-0.1, -0.05) is 68.8 Å². The Hall–Kier alpha value is -2.27. The zero-order chi connectivity index (χ0) is 24.1. The number of carbonyl (C=O) groups excluding carboxylic acids is 1. The van der Waals surface area contributed by atoms with E-state index >= 15 is 0 Å². The van der Waals surface area contributed by atoms with E-state index in [9.17, 15) is 4.79 Å². The van der Waals surface area contributed by atoms with Crippen molar-refractivity contribution in [3.05, 3.63) is 76.4 Å². The number of halogens is 1. The summed E-state index contributed by atoms with van der Waals surface area (Å²) in [6.45, 7) is 11.1. The number of rotatable bonds is 9. The van der Waals surface area contributed by atoms with Crippen molar-refractivity contribution in [2.45, 2.75) is 58.7 Å². The van der Waals surface area contributed by atoms with Gasteiger partial charge in [0.15, 0.2) is 9.04 Å². The van der Waals surface area contributed by atoms with Crippen molar-refractivity contribution >= 4 is 50.0 Å². The Morgan fingerprint density at radius 1 is 1.03 bits per heavy atom. The third kappa shape index (κ3) is 6.20. The Kier molecular flexibility index (Phi) is 8.27. The zero-order valence-corrected chi connectivity index (χ0v) is 22.2. The number of hydrogen-bond acceptors (Lipinski definition) is 3. The quantitative estimate of drug-likeness (QED) is 0.179. The first-order chi connectivity index (χ1) is 15.6. The highest BCUT2D eigenvalue weighted by Crippen LogP contribution is 2.47. The molecule has 0 aliphatic carbocycles. The SMILES string of the molecule is C[SiH](C)O[C@](CCCC=O)(c1cccc(C=Cc2ccc3ccc(Cl)cc3n2)c1)C(C)(C)C. The predicted molar refractivity (Wildman–Crippen MR) is 143 cm³/mol. The Balaban J connectivity index is 1.97. The molecular formula is C28H34ClNO2Si. The van der Waals surface area contributed by atoms with Crippen LogP contribution in [-0.2, 0) is 14.8 Å². The third-order valence-corrected chi connectivity index (χ3v) is 7.08. The number of aldehydes is 1. The highest BCUT2D eigenvalue weighted by molar-refractivity contribution is 6.48. The standard InChI is InChI=1S/C28H34ClNO2Si/c1-27(2,3)28(32-33(4)5,17-6-7-18-31)23-10-8-9-21(19-23)11-15-25-16-13-22-12-14-24(29)20-26(22)30-25/h8-16,18-20,33H,6-7,17H2,1-5H3/t28-/m1/s1. The molecule has 0 unspecified atom stereocenters. The van der Waals surface area contributed by atoms with Crippen LogP contribution in [0, 0.1) is 5.41 Å². The minimum atomic E-state index is -1.35. The lowest BCUT2D eigenvalue weighted by molar-refractivity contribution is -0.108. The Labute approximate surface area is 204 Å². The molecule has 0 amide bonds. The van der Waals surface area contributed by atoms with E-state index in [-0.39, 0.29) is 5.41 Å². The van der Waals surface area contributed by atoms with Crippen molar-refractivity contribution in [1.29, 1.82) is 0 Å². The summed E-state index contributed by atoms with van der Waals surface area (Å²) in [5.41, 5.74) is 3.48. The number of benzene rings is 2. The summed E-state index contributed by atoms with van der Waals surface area (Å²) >= 11 is 6.14. The van der Waals surface area contributed by atoms with Crippen LogP contribution in [0.2, 0.25) is 18.1 Å². The summed E-state index contributed by atoms with van der Waals surface area (Å²) in [7, 11) is -1.35. The van der Waals surface area contributed by atoms with Gasteiger partial charge in [0.05, 0.1) is 16.8 Å². The fraction of sp³-hybridized carbons (Fsp3) is 0.357. The molecule has 5 heteroatoms. The monoisotopic (exact) mass is 479 g/mol. The summed E-state index contributed by atoms with van der Waals surface area (Å²) in [4.78, 5) is 15.7. The van der Waals surface area contributed by atoms with E-state index in [4.69, 9.17) is 21.0 Å². The maximum absolute atomic E-state index is 11.0. The van der Waals surface area contributed by atoms with Gasteiger partial charge in [0, 0.05) is 16.8 Å². The number of pyridine rings is 1. The molecule has 2 aromatic carbocycles. The Morgan fingerprint density at radius 2 is 1.79 bits per heavy atom. The average Bonchev–Trinajstić information content (AvgIpc) is 2.76. The van der Waals surface area contributed by atoms with Gasteiger partial charge < -0.3 is 9.22 Å². The smallest absolute Gasteiger partial charge is 0.172 e. The normalized spacial score (nSPS) is 14.2. The van der Waals surface area contributed by atoms with Crippen molar-refractivity contribution in [3.8, 4) is 0 Å². The number of carbonyl (C=O) groups is 1. The Morgan fingerprint density at radius 3 is 2.48 bits per heavy atom. The van der Waals surface area contributed by atoms with Gasteiger partial charge in [0.1, 0.15) is 6.29 Å². The third-order valence-electron chi connectivity index (χ3n) is 5.97. The molecule has 1 aromatic heterocycles. The van der Waals surface area contributed by atoms with Crippen LogP contribution >= 0.6 is 11.6 Å². The van der Waals surface area contributed by atoms with Crippen LogP contribution in [0.5, 0.6) is 0 Å². The maximum atomic E-state index is 11.0. The second kappa shape index (κ2) is 10.8. The van der Waals surface area contributed by atoms with Gasteiger partial charge in [-0.05, 0) is 72.8 Å². The molecule has 0 bridgehead atoms. The van der Waals surface area contributed by atoms with Gasteiger partial charge >= 0.3 is 0 Å². The molecule has 33 heavy (non-hydrogen) atoms. The van der Waals surface area contributed by atoms with Gasteiger partial charge in [-0.25, -0.2) is 4.98 Å². The molecule has 0 aliphatic rings. The van der Waals surface area contributed by atoms with Crippen molar-refractivity contribution in [1.82, 2.24) is 4.98 Å². The molecule has 3 nitrogen and oxygen atoms in total. The van der Waals surface area contributed by atoms with Crippen molar-refractivity contribution in [3.63, 3.8) is 0 Å². The van der Waals surface area contributed by atoms with Crippen LogP contribution in [0.3, 0.4) is 0 Å². The van der Waals surface area contributed by atoms with Crippen molar-refractivity contribution < 1.29 is 9.22 Å². The molecule has 3 rings (SSSR count). The highest BCUT2D eigenvalue weighted by Gasteiger charge is 2.44. The van der Waals surface area contributed by atoms with Crippen LogP contribution < -0.4 is 0 Å². The van der Waals surface area contributed by atoms with Crippen LogP contribution in [0.25, 0.3) is 23.1 Å². The minimum Gasteiger partial charge on any atom is -0.411 e. The molecule has 0 fully saturated rings. The summed E-state index contributed by atoms with van der Waals surface area (Å²) in [6, 6.07) is 18.4. The second-order valence-electron chi connectivity index (χ2n) is 9.83. The molecule has 0 N–H and O–H groups in total. The molecule has 0 radical (unpaired) electrons. The molecule has 0 saturated heterocycles. The molecule has 0 aliphatic heterocycles. The van der Waals surface area contributed by atoms with E-state index in [1.165, 1.54) is 5.56 Å². The number of unbranched alkanes of at least 4 members (excludes halogenated alkanes) is 1. The van der Waals surface area contributed by atoms with Crippen molar-refractivity contribution in [2.75, 3.05) is 0 Å². The lowest BCUT2D eigenvalue weighted by Gasteiger charge is -2.47. The summed E-state index contributed by atoms with van der Waals surface area (Å²) in [5, 5.41) is 1.75. The molecular weight excluding hydrogens is 446 g/mol. The first-order valence-corrected chi connectivity index (χ1v) is 14.8. The number of aromatic nitrogens is 1. The molecule has 174 valence electrons. The van der Waals surface area contributed by atoms with Crippen LogP contribution in [-0.4, -0.2) is 20.3 Å². The van der Waals surface area contributed by atoms with Gasteiger partial charge in [0.2, 0.25) is 0 Å². The van der Waals surface area contributed by atoms with E-state index in [2.05, 4.69) is 70.3 Å². The van der Waals surface area contributed by atoms with Gasteiger partial charge in [0.25, 0.3) is 0 Å². The van der Waals surface area contributed by atoms with Gasteiger partial charge in [-0.2, -0.15) is 0 Å². The fourth-order valence-electron chi connectivity index (χ4n) is 4.37. The van der Waals surface area contributed by atoms with E-state index in [0.29, 0.717) is 11.4 Å². The molecule has 0 spiro atoms. The highest BCUT2D eigenvalue weighted by atomic mass is 35.5. The summed E-state index contributed by atoms with van der Waals surface area (Å²) < 4.78 is 6.79. The van der Waals surface area contributed by atoms with E-state index < -0.39 is 14.6 Å². The van der Waals surface area contributed by atoms with Gasteiger partial charge in [-0.3, -0.25) is 0 Å². The summed E-state index contributed by atoms with van der Waals surface area (Å²) in [6.07, 6.45) is 7.31. The van der Waals surface area contributed by atoms with Crippen molar-refractivity contribution in [2.24, 2.45) is 5.41 Å². The van der Waals surface area contributed by atoms with E-state index in [1.807, 2.05) is 30.3 Å². The van der Waals surface area contributed by atoms with E-state index in [1.54, 1.807) is 0 Å². The number of fused-ring (bicyclic) bond motifs is 1.